The van der Waals surface area contributed by atoms with E-state index in [1.54, 1.807) is 0 Å². The fraction of sp³-hybridized carbons (Fsp3) is 0.533. The molecular formula is C15H23N3O2. The van der Waals surface area contributed by atoms with E-state index in [-0.39, 0.29) is 12.5 Å². The summed E-state index contributed by atoms with van der Waals surface area (Å²) in [5.41, 5.74) is 5.51. The number of carbonyl (C=O) groups is 1. The third-order valence-electron chi connectivity index (χ3n) is 3.51. The second kappa shape index (κ2) is 7.87. The van der Waals surface area contributed by atoms with E-state index in [2.05, 4.69) is 4.90 Å². The molecule has 1 aliphatic rings. The molecule has 110 valence electrons. The number of nitrogens with two attached hydrogens (primary N) is 1. The van der Waals surface area contributed by atoms with Crippen LogP contribution in [0.4, 0.5) is 0 Å². The molecule has 0 unspecified atom stereocenters. The van der Waals surface area contributed by atoms with Crippen LogP contribution in [0.25, 0.3) is 0 Å². The molecule has 1 saturated heterocycles. The van der Waals surface area contributed by atoms with Gasteiger partial charge in [-0.25, -0.2) is 0 Å². The first-order chi connectivity index (χ1) is 9.79. The van der Waals surface area contributed by atoms with E-state index in [4.69, 9.17) is 10.5 Å². The highest BCUT2D eigenvalue weighted by atomic mass is 16.5. The van der Waals surface area contributed by atoms with E-state index in [0.29, 0.717) is 0 Å². The van der Waals surface area contributed by atoms with E-state index in [1.165, 1.54) is 0 Å². The van der Waals surface area contributed by atoms with Crippen molar-refractivity contribution in [1.29, 1.82) is 0 Å². The molecule has 1 aromatic carbocycles. The zero-order valence-electron chi connectivity index (χ0n) is 11.8. The number of carbonyl (C=O) groups excluding carboxylic acids is 1. The molecule has 5 heteroatoms. The molecule has 1 aromatic rings. The molecular weight excluding hydrogens is 254 g/mol. The quantitative estimate of drug-likeness (QED) is 0.825. The lowest BCUT2D eigenvalue weighted by atomic mass is 10.3. The molecule has 0 aromatic heterocycles. The van der Waals surface area contributed by atoms with Crippen LogP contribution in [0.15, 0.2) is 30.3 Å². The summed E-state index contributed by atoms with van der Waals surface area (Å²) >= 11 is 0. The molecule has 1 amide bonds. The van der Waals surface area contributed by atoms with Crippen LogP contribution >= 0.6 is 0 Å². The van der Waals surface area contributed by atoms with E-state index in [1.807, 2.05) is 35.2 Å². The zero-order chi connectivity index (χ0) is 14.2. The fourth-order valence-corrected chi connectivity index (χ4v) is 2.29. The highest BCUT2D eigenvalue weighted by molar-refractivity contribution is 5.77. The number of piperazine rings is 1. The van der Waals surface area contributed by atoms with Crippen LogP contribution in [0, 0.1) is 0 Å². The monoisotopic (exact) mass is 277 g/mol. The Morgan fingerprint density at radius 2 is 1.85 bits per heavy atom. The van der Waals surface area contributed by atoms with Crippen molar-refractivity contribution in [3.05, 3.63) is 30.3 Å². The van der Waals surface area contributed by atoms with Gasteiger partial charge in [-0.05, 0) is 31.6 Å². The highest BCUT2D eigenvalue weighted by Gasteiger charge is 2.20. The van der Waals surface area contributed by atoms with Crippen molar-refractivity contribution in [2.75, 3.05) is 45.9 Å². The Hall–Kier alpha value is -1.59. The Bertz CT molecular complexity index is 403. The van der Waals surface area contributed by atoms with Crippen molar-refractivity contribution in [1.82, 2.24) is 9.80 Å². The van der Waals surface area contributed by atoms with Gasteiger partial charge in [-0.1, -0.05) is 18.2 Å². The summed E-state index contributed by atoms with van der Waals surface area (Å²) in [6, 6.07) is 9.44. The standard InChI is InChI=1S/C15H23N3O2/c16-7-4-8-17-9-11-18(12-10-17)15(19)13-20-14-5-2-1-3-6-14/h1-3,5-6H,4,7-13,16H2. The van der Waals surface area contributed by atoms with Crippen molar-refractivity contribution in [2.45, 2.75) is 6.42 Å². The number of nitrogens with zero attached hydrogens (tertiary/aromatic N) is 2. The Morgan fingerprint density at radius 3 is 2.50 bits per heavy atom. The van der Waals surface area contributed by atoms with Crippen molar-refractivity contribution < 1.29 is 9.53 Å². The summed E-state index contributed by atoms with van der Waals surface area (Å²) < 4.78 is 5.49. The van der Waals surface area contributed by atoms with E-state index >= 15 is 0 Å². The predicted molar refractivity (Wildman–Crippen MR) is 78.6 cm³/mol. The van der Waals surface area contributed by atoms with Crippen LogP contribution in [-0.4, -0.2) is 61.6 Å². The maximum atomic E-state index is 12.1. The molecule has 1 aliphatic heterocycles. The lowest BCUT2D eigenvalue weighted by Crippen LogP contribution is -2.50. The van der Waals surface area contributed by atoms with Gasteiger partial charge >= 0.3 is 0 Å². The van der Waals surface area contributed by atoms with Crippen LogP contribution in [0.1, 0.15) is 6.42 Å². The smallest absolute Gasteiger partial charge is 0.260 e. The van der Waals surface area contributed by atoms with Crippen LogP contribution in [0.3, 0.4) is 0 Å². The highest BCUT2D eigenvalue weighted by Crippen LogP contribution is 2.09. The molecule has 0 radical (unpaired) electrons. The van der Waals surface area contributed by atoms with Crippen LogP contribution in [-0.2, 0) is 4.79 Å². The minimum absolute atomic E-state index is 0.0623. The minimum atomic E-state index is 0.0623. The average molecular weight is 277 g/mol. The number of benzene rings is 1. The first-order valence-corrected chi connectivity index (χ1v) is 7.17. The topological polar surface area (TPSA) is 58.8 Å². The minimum Gasteiger partial charge on any atom is -0.484 e. The van der Waals surface area contributed by atoms with Gasteiger partial charge in [-0.15, -0.1) is 0 Å². The van der Waals surface area contributed by atoms with Gasteiger partial charge in [0.05, 0.1) is 0 Å². The Kier molecular flexibility index (Phi) is 5.83. The van der Waals surface area contributed by atoms with E-state index in [9.17, 15) is 4.79 Å². The number of hydrogen-bond donors (Lipinski definition) is 1. The average Bonchev–Trinajstić information content (AvgIpc) is 2.52. The Morgan fingerprint density at radius 1 is 1.15 bits per heavy atom. The van der Waals surface area contributed by atoms with Gasteiger partial charge in [0.15, 0.2) is 6.61 Å². The molecule has 0 saturated carbocycles. The summed E-state index contributed by atoms with van der Waals surface area (Å²) in [5.74, 6) is 0.801. The van der Waals surface area contributed by atoms with Gasteiger partial charge in [0, 0.05) is 26.2 Å². The summed E-state index contributed by atoms with van der Waals surface area (Å²) in [6.07, 6.45) is 1.02. The maximum Gasteiger partial charge on any atom is 0.260 e. The molecule has 0 aliphatic carbocycles. The largest absolute Gasteiger partial charge is 0.484 e. The predicted octanol–water partition coefficient (Wildman–Crippen LogP) is 0.558. The van der Waals surface area contributed by atoms with Gasteiger partial charge in [-0.2, -0.15) is 0 Å². The Balaban J connectivity index is 1.69. The zero-order valence-corrected chi connectivity index (χ0v) is 11.8. The number of rotatable bonds is 6. The molecule has 0 bridgehead atoms. The molecule has 0 spiro atoms. The summed E-state index contributed by atoms with van der Waals surface area (Å²) in [4.78, 5) is 16.3. The number of para-hydroxylation sites is 1. The number of ether oxygens (including phenoxy) is 1. The number of amides is 1. The first kappa shape index (κ1) is 14.8. The maximum absolute atomic E-state index is 12.1. The van der Waals surface area contributed by atoms with Crippen molar-refractivity contribution >= 4 is 5.91 Å². The molecule has 1 fully saturated rings. The first-order valence-electron chi connectivity index (χ1n) is 7.17. The second-order valence-electron chi connectivity index (χ2n) is 4.97. The fourth-order valence-electron chi connectivity index (χ4n) is 2.29. The number of hydrogen-bond acceptors (Lipinski definition) is 4. The van der Waals surface area contributed by atoms with Crippen molar-refractivity contribution in [3.8, 4) is 5.75 Å². The van der Waals surface area contributed by atoms with E-state index in [0.717, 1.165) is 51.4 Å². The Labute approximate surface area is 120 Å². The van der Waals surface area contributed by atoms with Gasteiger partial charge in [-0.3, -0.25) is 9.69 Å². The lowest BCUT2D eigenvalue weighted by molar-refractivity contribution is -0.135. The summed E-state index contributed by atoms with van der Waals surface area (Å²) in [6.45, 7) is 5.28. The molecule has 20 heavy (non-hydrogen) atoms. The third-order valence-corrected chi connectivity index (χ3v) is 3.51. The van der Waals surface area contributed by atoms with Crippen LogP contribution < -0.4 is 10.5 Å². The molecule has 2 N–H and O–H groups in total. The lowest BCUT2D eigenvalue weighted by Gasteiger charge is -2.34. The molecule has 5 nitrogen and oxygen atoms in total. The molecule has 1 heterocycles. The third kappa shape index (κ3) is 4.51. The van der Waals surface area contributed by atoms with Crippen molar-refractivity contribution in [3.63, 3.8) is 0 Å². The van der Waals surface area contributed by atoms with Gasteiger partial charge in [0.2, 0.25) is 0 Å². The summed E-state index contributed by atoms with van der Waals surface area (Å²) in [5, 5.41) is 0. The second-order valence-corrected chi connectivity index (χ2v) is 4.97. The molecule has 0 atom stereocenters. The molecule has 2 rings (SSSR count). The van der Waals surface area contributed by atoms with Crippen LogP contribution in [0.5, 0.6) is 5.75 Å². The van der Waals surface area contributed by atoms with Gasteiger partial charge in [0.1, 0.15) is 5.75 Å². The van der Waals surface area contributed by atoms with Gasteiger partial charge in [0.25, 0.3) is 5.91 Å². The van der Waals surface area contributed by atoms with E-state index < -0.39 is 0 Å². The normalized spacial score (nSPS) is 16.1. The van der Waals surface area contributed by atoms with Crippen molar-refractivity contribution in [2.24, 2.45) is 5.73 Å². The van der Waals surface area contributed by atoms with Crippen LogP contribution in [0.2, 0.25) is 0 Å². The summed E-state index contributed by atoms with van der Waals surface area (Å²) in [7, 11) is 0. The SMILES string of the molecule is NCCCN1CCN(C(=O)COc2ccccc2)CC1. The van der Waals surface area contributed by atoms with Gasteiger partial charge < -0.3 is 15.4 Å².